The molecule has 1 rings (SSSR count). The summed E-state index contributed by atoms with van der Waals surface area (Å²) in [5, 5.41) is 19.9. The maximum Gasteiger partial charge on any atom is 0.200 e. The van der Waals surface area contributed by atoms with E-state index in [0.717, 1.165) is 0 Å². The van der Waals surface area contributed by atoms with Crippen LogP contribution in [0.1, 0.15) is 48.5 Å². The summed E-state index contributed by atoms with van der Waals surface area (Å²) in [6.45, 7) is 15.6. The van der Waals surface area contributed by atoms with Crippen LogP contribution >= 0.6 is 0 Å². The van der Waals surface area contributed by atoms with Gasteiger partial charge < -0.3 is 19.4 Å². The van der Waals surface area contributed by atoms with E-state index in [-0.39, 0.29) is 24.7 Å². The van der Waals surface area contributed by atoms with Crippen LogP contribution in [0, 0.1) is 5.92 Å². The van der Waals surface area contributed by atoms with Gasteiger partial charge in [-0.25, -0.2) is 0 Å². The summed E-state index contributed by atoms with van der Waals surface area (Å²) in [5.74, 6) is -0.238. The highest BCUT2D eigenvalue weighted by molar-refractivity contribution is 6.77. The molecule has 1 saturated heterocycles. The van der Waals surface area contributed by atoms with Crippen molar-refractivity contribution in [2.24, 2.45) is 5.92 Å². The molecule has 5 heteroatoms. The van der Waals surface area contributed by atoms with E-state index in [1.165, 1.54) is 0 Å². The molecule has 0 saturated carbocycles. The van der Waals surface area contributed by atoms with Gasteiger partial charge in [0.25, 0.3) is 0 Å². The highest BCUT2D eigenvalue weighted by Crippen LogP contribution is 2.42. The predicted octanol–water partition coefficient (Wildman–Crippen LogP) is 2.94. The molecule has 0 aromatic heterocycles. The molecular weight excluding hydrogens is 284 g/mol. The molecule has 0 amide bonds. The highest BCUT2D eigenvalue weighted by Gasteiger charge is 2.48. The van der Waals surface area contributed by atoms with Gasteiger partial charge in [0.2, 0.25) is 0 Å². The molecule has 0 bridgehead atoms. The van der Waals surface area contributed by atoms with Crippen molar-refractivity contribution < 1.29 is 19.4 Å². The first-order valence-electron chi connectivity index (χ1n) is 8.26. The molecule has 1 fully saturated rings. The van der Waals surface area contributed by atoms with Gasteiger partial charge in [0.15, 0.2) is 8.32 Å². The summed E-state index contributed by atoms with van der Waals surface area (Å²) >= 11 is 0. The smallest absolute Gasteiger partial charge is 0.200 e. The van der Waals surface area contributed by atoms with Crippen molar-refractivity contribution in [1.29, 1.82) is 0 Å². The second-order valence-electron chi connectivity index (χ2n) is 7.35. The molecule has 126 valence electrons. The summed E-state index contributed by atoms with van der Waals surface area (Å²) in [5.41, 5.74) is 1.48. The van der Waals surface area contributed by atoms with E-state index in [1.807, 2.05) is 6.92 Å². The van der Waals surface area contributed by atoms with Gasteiger partial charge >= 0.3 is 0 Å². The molecule has 0 radical (unpaired) electrons. The van der Waals surface area contributed by atoms with E-state index in [2.05, 4.69) is 41.5 Å². The molecule has 4 nitrogen and oxygen atoms in total. The summed E-state index contributed by atoms with van der Waals surface area (Å²) < 4.78 is 11.8. The lowest BCUT2D eigenvalue weighted by atomic mass is 9.98. The largest absolute Gasteiger partial charge is 0.413 e. The standard InChI is InChI=1S/C16H34O4Si/c1-10(2)21(11(3)4,12(5)6)19-9-15(18)14(8-17)16-13(7)20-16/h10-18H,8-9H2,1-7H3/t13-,14+,15+,16+/m1/s1. The third-order valence-corrected chi connectivity index (χ3v) is 11.2. The van der Waals surface area contributed by atoms with Crippen molar-refractivity contribution in [2.75, 3.05) is 13.2 Å². The van der Waals surface area contributed by atoms with Crippen LogP contribution in [0.25, 0.3) is 0 Å². The quantitative estimate of drug-likeness (QED) is 0.507. The van der Waals surface area contributed by atoms with Gasteiger partial charge in [0, 0.05) is 5.92 Å². The van der Waals surface area contributed by atoms with E-state index < -0.39 is 14.4 Å². The molecule has 1 aliphatic heterocycles. The zero-order valence-electron chi connectivity index (χ0n) is 14.7. The lowest BCUT2D eigenvalue weighted by Gasteiger charge is -2.43. The monoisotopic (exact) mass is 318 g/mol. The van der Waals surface area contributed by atoms with Crippen LogP contribution in [-0.4, -0.2) is 50.1 Å². The first-order valence-corrected chi connectivity index (χ1v) is 10.4. The van der Waals surface area contributed by atoms with E-state index >= 15 is 0 Å². The molecule has 0 aromatic carbocycles. The Hall–Kier alpha value is 0.0569. The van der Waals surface area contributed by atoms with Crippen LogP contribution in [0.3, 0.4) is 0 Å². The van der Waals surface area contributed by atoms with Crippen LogP contribution in [0.5, 0.6) is 0 Å². The van der Waals surface area contributed by atoms with Crippen LogP contribution in [0.15, 0.2) is 0 Å². The van der Waals surface area contributed by atoms with E-state index in [1.54, 1.807) is 0 Å². The average molecular weight is 319 g/mol. The second-order valence-corrected chi connectivity index (χ2v) is 12.8. The van der Waals surface area contributed by atoms with Crippen molar-refractivity contribution >= 4 is 8.32 Å². The molecular formula is C16H34O4Si. The predicted molar refractivity (Wildman–Crippen MR) is 87.9 cm³/mol. The molecule has 0 aliphatic carbocycles. The minimum absolute atomic E-state index is 0.0261. The average Bonchev–Trinajstić information content (AvgIpc) is 3.06. The number of rotatable bonds is 9. The van der Waals surface area contributed by atoms with Crippen LogP contribution in [-0.2, 0) is 9.16 Å². The third-order valence-electron chi connectivity index (χ3n) is 5.10. The number of hydrogen-bond donors (Lipinski definition) is 2. The lowest BCUT2D eigenvalue weighted by Crippen LogP contribution is -2.50. The Morgan fingerprint density at radius 1 is 1.05 bits per heavy atom. The summed E-state index contributed by atoms with van der Waals surface area (Å²) in [4.78, 5) is 0. The van der Waals surface area contributed by atoms with Crippen molar-refractivity contribution in [3.8, 4) is 0 Å². The van der Waals surface area contributed by atoms with Crippen molar-refractivity contribution in [1.82, 2.24) is 0 Å². The minimum Gasteiger partial charge on any atom is -0.413 e. The normalized spacial score (nSPS) is 25.7. The van der Waals surface area contributed by atoms with E-state index in [9.17, 15) is 10.2 Å². The second kappa shape index (κ2) is 7.55. The Morgan fingerprint density at radius 3 is 1.76 bits per heavy atom. The fourth-order valence-corrected chi connectivity index (χ4v) is 9.41. The maximum atomic E-state index is 10.4. The van der Waals surface area contributed by atoms with Gasteiger partial charge in [-0.05, 0) is 23.5 Å². The molecule has 21 heavy (non-hydrogen) atoms. The lowest BCUT2D eigenvalue weighted by molar-refractivity contribution is 0.0134. The zero-order chi connectivity index (χ0) is 16.4. The molecule has 2 N–H and O–H groups in total. The Bertz CT molecular complexity index is 298. The van der Waals surface area contributed by atoms with E-state index in [0.29, 0.717) is 23.2 Å². The Kier molecular flexibility index (Phi) is 6.87. The summed E-state index contributed by atoms with van der Waals surface area (Å²) in [7, 11) is -1.96. The van der Waals surface area contributed by atoms with Crippen LogP contribution in [0.2, 0.25) is 16.6 Å². The molecule has 0 spiro atoms. The molecule has 1 aliphatic rings. The van der Waals surface area contributed by atoms with Crippen LogP contribution < -0.4 is 0 Å². The fourth-order valence-electron chi connectivity index (χ4n) is 3.95. The number of epoxide rings is 1. The van der Waals surface area contributed by atoms with Gasteiger partial charge in [-0.15, -0.1) is 0 Å². The number of hydrogen-bond acceptors (Lipinski definition) is 4. The van der Waals surface area contributed by atoms with Crippen molar-refractivity contribution in [2.45, 2.75) is 83.4 Å². The van der Waals surface area contributed by atoms with Gasteiger partial charge in [-0.1, -0.05) is 41.5 Å². The Labute approximate surface area is 131 Å². The van der Waals surface area contributed by atoms with Gasteiger partial charge in [-0.2, -0.15) is 0 Å². The molecule has 0 unspecified atom stereocenters. The maximum absolute atomic E-state index is 10.4. The molecule has 0 aromatic rings. The minimum atomic E-state index is -1.96. The Morgan fingerprint density at radius 2 is 1.48 bits per heavy atom. The van der Waals surface area contributed by atoms with Gasteiger partial charge in [0.1, 0.15) is 0 Å². The number of ether oxygens (including phenoxy) is 1. The van der Waals surface area contributed by atoms with Gasteiger partial charge in [0.05, 0.1) is 31.5 Å². The Balaban J connectivity index is 2.72. The summed E-state index contributed by atoms with van der Waals surface area (Å²) in [6, 6.07) is 0. The summed E-state index contributed by atoms with van der Waals surface area (Å²) in [6.07, 6.45) is -0.547. The first kappa shape index (κ1) is 19.1. The molecule has 1 heterocycles. The zero-order valence-corrected chi connectivity index (χ0v) is 15.7. The number of aliphatic hydroxyl groups excluding tert-OH is 2. The topological polar surface area (TPSA) is 62.2 Å². The van der Waals surface area contributed by atoms with Gasteiger partial charge in [-0.3, -0.25) is 0 Å². The third kappa shape index (κ3) is 4.08. The SMILES string of the molecule is CC(C)[Si](OC[C@H](O)[C@H](CO)[C@H]1O[C@@H]1C)(C(C)C)C(C)C. The van der Waals surface area contributed by atoms with Crippen molar-refractivity contribution in [3.05, 3.63) is 0 Å². The fraction of sp³-hybridized carbons (Fsp3) is 1.00. The van der Waals surface area contributed by atoms with Crippen molar-refractivity contribution in [3.63, 3.8) is 0 Å². The highest BCUT2D eigenvalue weighted by atomic mass is 28.4. The van der Waals surface area contributed by atoms with E-state index in [4.69, 9.17) is 9.16 Å². The first-order chi connectivity index (χ1) is 9.68. The number of aliphatic hydroxyl groups is 2. The van der Waals surface area contributed by atoms with Crippen LogP contribution in [0.4, 0.5) is 0 Å². The molecule has 4 atom stereocenters.